The Balaban J connectivity index is 2.17. The molecule has 0 heterocycles. The molecule has 2 aromatic carbocycles. The van der Waals surface area contributed by atoms with E-state index >= 15 is 0 Å². The van der Waals surface area contributed by atoms with Crippen LogP contribution in [0.25, 0.3) is 11.1 Å². The average molecular weight is 360 g/mol. The predicted octanol–water partition coefficient (Wildman–Crippen LogP) is 5.72. The first-order valence-corrected chi connectivity index (χ1v) is 8.21. The van der Waals surface area contributed by atoms with E-state index in [2.05, 4.69) is 6.58 Å². The van der Waals surface area contributed by atoms with Gasteiger partial charge in [0, 0.05) is 11.5 Å². The van der Waals surface area contributed by atoms with Crippen molar-refractivity contribution in [3.05, 3.63) is 71.3 Å². The van der Waals surface area contributed by atoms with Gasteiger partial charge in [-0.1, -0.05) is 36.9 Å². The Hall–Kier alpha value is -2.56. The molecule has 5 heteroatoms. The Morgan fingerprint density at radius 2 is 1.65 bits per heavy atom. The van der Waals surface area contributed by atoms with E-state index < -0.39 is 29.2 Å². The molecule has 1 atom stereocenters. The summed E-state index contributed by atoms with van der Waals surface area (Å²) in [5, 5.41) is 0. The van der Waals surface area contributed by atoms with Crippen molar-refractivity contribution >= 4 is 5.97 Å². The molecule has 0 amide bonds. The van der Waals surface area contributed by atoms with Gasteiger partial charge in [0.1, 0.15) is 5.60 Å². The van der Waals surface area contributed by atoms with Crippen LogP contribution in [-0.4, -0.2) is 11.6 Å². The number of carbonyl (C=O) groups excluding carboxylic acids is 1. The fourth-order valence-electron chi connectivity index (χ4n) is 3.52. The molecule has 26 heavy (non-hydrogen) atoms. The van der Waals surface area contributed by atoms with Crippen molar-refractivity contribution in [1.82, 2.24) is 0 Å². The van der Waals surface area contributed by atoms with Gasteiger partial charge in [-0.15, -0.1) is 0 Å². The fourth-order valence-corrected chi connectivity index (χ4v) is 3.52. The summed E-state index contributed by atoms with van der Waals surface area (Å²) in [5.74, 6) is -1.06. The second-order valence-electron chi connectivity index (χ2n) is 7.09. The molecule has 0 saturated carbocycles. The molecule has 2 nitrogen and oxygen atoms in total. The molecular formula is C21H19F3O2. The zero-order valence-corrected chi connectivity index (χ0v) is 14.8. The standard InChI is InChI=1S/C21H19F3O2/c1-12(2)19(25)26-20(3,4)18-16-8-6-5-7-14(16)15-10-9-13(11-17(15)18)21(22,23)24/h5-11,18H,1H2,2-4H3. The summed E-state index contributed by atoms with van der Waals surface area (Å²) in [6.07, 6.45) is -4.44. The summed E-state index contributed by atoms with van der Waals surface area (Å²) >= 11 is 0. The average Bonchev–Trinajstić information content (AvgIpc) is 2.87. The van der Waals surface area contributed by atoms with Gasteiger partial charge in [0.25, 0.3) is 0 Å². The van der Waals surface area contributed by atoms with E-state index in [-0.39, 0.29) is 5.57 Å². The van der Waals surface area contributed by atoms with E-state index in [0.29, 0.717) is 5.56 Å². The normalized spacial score (nSPS) is 16.0. The Morgan fingerprint density at radius 1 is 1.04 bits per heavy atom. The van der Waals surface area contributed by atoms with Crippen LogP contribution in [0.3, 0.4) is 0 Å². The van der Waals surface area contributed by atoms with Crippen LogP contribution in [0.2, 0.25) is 0 Å². The van der Waals surface area contributed by atoms with Crippen molar-refractivity contribution in [2.24, 2.45) is 0 Å². The van der Waals surface area contributed by atoms with Crippen LogP contribution < -0.4 is 0 Å². The van der Waals surface area contributed by atoms with Crippen LogP contribution in [0.1, 0.15) is 43.4 Å². The van der Waals surface area contributed by atoms with Crippen molar-refractivity contribution in [3.8, 4) is 11.1 Å². The first-order chi connectivity index (χ1) is 12.0. The zero-order chi connectivity index (χ0) is 19.3. The number of halogens is 3. The smallest absolute Gasteiger partial charge is 0.416 e. The third-order valence-corrected chi connectivity index (χ3v) is 4.65. The highest BCUT2D eigenvalue weighted by Gasteiger charge is 2.43. The van der Waals surface area contributed by atoms with Crippen molar-refractivity contribution in [1.29, 1.82) is 0 Å². The van der Waals surface area contributed by atoms with E-state index in [0.717, 1.165) is 28.8 Å². The summed E-state index contributed by atoms with van der Waals surface area (Å²) in [7, 11) is 0. The molecule has 0 spiro atoms. The maximum absolute atomic E-state index is 13.2. The van der Waals surface area contributed by atoms with Gasteiger partial charge in [-0.3, -0.25) is 0 Å². The third kappa shape index (κ3) is 3.02. The Kier molecular flexibility index (Phi) is 4.21. The van der Waals surface area contributed by atoms with Gasteiger partial charge < -0.3 is 4.74 Å². The Bertz CT molecular complexity index is 894. The van der Waals surface area contributed by atoms with Crippen molar-refractivity contribution < 1.29 is 22.7 Å². The number of carbonyl (C=O) groups is 1. The number of hydrogen-bond acceptors (Lipinski definition) is 2. The van der Waals surface area contributed by atoms with Crippen LogP contribution in [0, 0.1) is 0 Å². The topological polar surface area (TPSA) is 26.3 Å². The van der Waals surface area contributed by atoms with E-state index in [1.54, 1.807) is 13.8 Å². The van der Waals surface area contributed by atoms with Gasteiger partial charge in [-0.25, -0.2) is 4.79 Å². The molecule has 0 N–H and O–H groups in total. The van der Waals surface area contributed by atoms with Gasteiger partial charge in [0.15, 0.2) is 0 Å². The lowest BCUT2D eigenvalue weighted by molar-refractivity contribution is -0.152. The summed E-state index contributed by atoms with van der Waals surface area (Å²) in [4.78, 5) is 12.1. The second-order valence-corrected chi connectivity index (χ2v) is 7.09. The molecule has 0 radical (unpaired) electrons. The molecule has 0 aromatic heterocycles. The summed E-state index contributed by atoms with van der Waals surface area (Å²) in [6, 6.07) is 11.2. The number of fused-ring (bicyclic) bond motifs is 3. The predicted molar refractivity (Wildman–Crippen MR) is 93.7 cm³/mol. The molecule has 1 aliphatic carbocycles. The van der Waals surface area contributed by atoms with Crippen LogP contribution >= 0.6 is 0 Å². The van der Waals surface area contributed by atoms with E-state index in [9.17, 15) is 18.0 Å². The Labute approximate surface area is 150 Å². The van der Waals surface area contributed by atoms with Gasteiger partial charge >= 0.3 is 12.1 Å². The maximum Gasteiger partial charge on any atom is 0.416 e. The SMILES string of the molecule is C=C(C)C(=O)OC(C)(C)C1c2ccccc2-c2ccc(C(F)(F)F)cc21. The highest BCUT2D eigenvalue weighted by atomic mass is 19.4. The summed E-state index contributed by atoms with van der Waals surface area (Å²) in [6.45, 7) is 8.54. The number of ether oxygens (including phenoxy) is 1. The van der Waals surface area contributed by atoms with Gasteiger partial charge in [-0.05, 0) is 55.2 Å². The fraction of sp³-hybridized carbons (Fsp3) is 0.286. The number of hydrogen-bond donors (Lipinski definition) is 0. The van der Waals surface area contributed by atoms with E-state index in [1.165, 1.54) is 13.0 Å². The number of rotatable bonds is 3. The number of esters is 1. The minimum Gasteiger partial charge on any atom is -0.455 e. The van der Waals surface area contributed by atoms with Crippen LogP contribution in [0.4, 0.5) is 13.2 Å². The first-order valence-electron chi connectivity index (χ1n) is 8.21. The first kappa shape index (κ1) is 18.2. The van der Waals surface area contributed by atoms with E-state index in [1.807, 2.05) is 24.3 Å². The minimum absolute atomic E-state index is 0.244. The molecule has 136 valence electrons. The quantitative estimate of drug-likeness (QED) is 0.517. The highest BCUT2D eigenvalue weighted by Crippen LogP contribution is 2.51. The molecule has 0 fully saturated rings. The van der Waals surface area contributed by atoms with Gasteiger partial charge in [0.05, 0.1) is 5.56 Å². The largest absolute Gasteiger partial charge is 0.455 e. The lowest BCUT2D eigenvalue weighted by Crippen LogP contribution is -2.35. The van der Waals surface area contributed by atoms with E-state index in [4.69, 9.17) is 4.74 Å². The molecule has 0 aliphatic heterocycles. The summed E-state index contributed by atoms with van der Waals surface area (Å²) < 4.78 is 45.3. The molecule has 0 saturated heterocycles. The lowest BCUT2D eigenvalue weighted by atomic mass is 9.82. The monoisotopic (exact) mass is 360 g/mol. The van der Waals surface area contributed by atoms with Crippen molar-refractivity contribution in [2.75, 3.05) is 0 Å². The molecule has 3 rings (SSSR count). The minimum atomic E-state index is -4.44. The number of alkyl halides is 3. The molecular weight excluding hydrogens is 341 g/mol. The molecule has 0 bridgehead atoms. The zero-order valence-electron chi connectivity index (χ0n) is 14.8. The summed E-state index contributed by atoms with van der Waals surface area (Å²) in [5.41, 5.74) is 1.45. The Morgan fingerprint density at radius 3 is 2.27 bits per heavy atom. The second kappa shape index (κ2) is 6.01. The molecule has 1 aliphatic rings. The molecule has 2 aromatic rings. The van der Waals surface area contributed by atoms with Crippen LogP contribution in [-0.2, 0) is 15.7 Å². The maximum atomic E-state index is 13.2. The number of benzene rings is 2. The van der Waals surface area contributed by atoms with Gasteiger partial charge in [-0.2, -0.15) is 13.2 Å². The van der Waals surface area contributed by atoms with Gasteiger partial charge in [0.2, 0.25) is 0 Å². The van der Waals surface area contributed by atoms with Crippen LogP contribution in [0.15, 0.2) is 54.6 Å². The lowest BCUT2D eigenvalue weighted by Gasteiger charge is -2.33. The third-order valence-electron chi connectivity index (χ3n) is 4.65. The van der Waals surface area contributed by atoms with Crippen molar-refractivity contribution in [2.45, 2.75) is 38.5 Å². The highest BCUT2D eigenvalue weighted by molar-refractivity contribution is 5.88. The van der Waals surface area contributed by atoms with Crippen molar-refractivity contribution in [3.63, 3.8) is 0 Å². The molecule has 1 unspecified atom stereocenters. The van der Waals surface area contributed by atoms with Crippen LogP contribution in [0.5, 0.6) is 0 Å².